The number of hydrogen-bond donors (Lipinski definition) is 5. The molecule has 1 aromatic carbocycles. The smallest absolute Gasteiger partial charge is 0.325 e. The quantitative estimate of drug-likeness (QED) is 0.215. The van der Waals surface area contributed by atoms with Crippen molar-refractivity contribution in [2.24, 2.45) is 0 Å². The average molecular weight is 238 g/mol. The largest absolute Gasteiger partial charge is 0.504 e. The van der Waals surface area contributed by atoms with E-state index in [1.54, 1.807) is 14.1 Å². The highest BCUT2D eigenvalue weighted by atomic mass is 16.3. The number of nitrogens with one attached hydrogen (secondary N) is 3. The molecule has 0 saturated heterocycles. The number of phenols is 2. The molecular weight excluding hydrogens is 224 g/mol. The Kier molecular flexibility index (Phi) is 3.76. The van der Waals surface area contributed by atoms with E-state index in [1.165, 1.54) is 23.1 Å². The highest BCUT2D eigenvalue weighted by Crippen LogP contribution is 2.27. The number of guanidine groups is 1. The molecule has 2 amide bonds. The van der Waals surface area contributed by atoms with Crippen molar-refractivity contribution in [1.29, 1.82) is 5.41 Å². The van der Waals surface area contributed by atoms with E-state index in [9.17, 15) is 9.90 Å². The lowest BCUT2D eigenvalue weighted by Gasteiger charge is -2.14. The number of rotatable bonds is 1. The summed E-state index contributed by atoms with van der Waals surface area (Å²) in [5.41, 5.74) is 0.310. The summed E-state index contributed by atoms with van der Waals surface area (Å²) in [6.45, 7) is 0. The van der Waals surface area contributed by atoms with Crippen LogP contribution in [0.1, 0.15) is 0 Å². The van der Waals surface area contributed by atoms with Crippen molar-refractivity contribution < 1.29 is 15.0 Å². The third-order valence-electron chi connectivity index (χ3n) is 1.91. The lowest BCUT2D eigenvalue weighted by atomic mass is 10.3. The summed E-state index contributed by atoms with van der Waals surface area (Å²) in [6, 6.07) is 3.28. The zero-order valence-electron chi connectivity index (χ0n) is 9.48. The zero-order valence-corrected chi connectivity index (χ0v) is 9.48. The highest BCUT2D eigenvalue weighted by Gasteiger charge is 2.07. The normalized spacial score (nSPS) is 9.53. The number of anilines is 1. The molecule has 0 aliphatic rings. The van der Waals surface area contributed by atoms with Crippen molar-refractivity contribution in [3.8, 4) is 11.5 Å². The number of aromatic hydroxyl groups is 2. The SMILES string of the molecule is CN(C)C(=N)NC(=O)Nc1ccc(O)c(O)c1. The summed E-state index contributed by atoms with van der Waals surface area (Å²) in [4.78, 5) is 12.8. The number of amides is 2. The Hall–Kier alpha value is -2.44. The van der Waals surface area contributed by atoms with Crippen LogP contribution in [0.2, 0.25) is 0 Å². The van der Waals surface area contributed by atoms with Gasteiger partial charge < -0.3 is 20.4 Å². The van der Waals surface area contributed by atoms with Gasteiger partial charge in [0.1, 0.15) is 0 Å². The second kappa shape index (κ2) is 5.06. The van der Waals surface area contributed by atoms with Crippen LogP contribution < -0.4 is 10.6 Å². The molecule has 7 heteroatoms. The summed E-state index contributed by atoms with van der Waals surface area (Å²) < 4.78 is 0. The van der Waals surface area contributed by atoms with Crippen molar-refractivity contribution in [1.82, 2.24) is 10.2 Å². The van der Waals surface area contributed by atoms with Gasteiger partial charge in [-0.3, -0.25) is 10.7 Å². The molecule has 92 valence electrons. The molecule has 0 spiro atoms. The summed E-state index contributed by atoms with van der Waals surface area (Å²) in [5.74, 6) is -0.659. The van der Waals surface area contributed by atoms with Crippen LogP contribution in [0.15, 0.2) is 18.2 Å². The lowest BCUT2D eigenvalue weighted by Crippen LogP contribution is -2.41. The minimum Gasteiger partial charge on any atom is -0.504 e. The molecule has 7 nitrogen and oxygen atoms in total. The van der Waals surface area contributed by atoms with Crippen molar-refractivity contribution in [3.63, 3.8) is 0 Å². The molecule has 0 heterocycles. The first-order chi connectivity index (χ1) is 7.90. The molecule has 1 rings (SSSR count). The van der Waals surface area contributed by atoms with E-state index in [-0.39, 0.29) is 17.5 Å². The topological polar surface area (TPSA) is 109 Å². The molecule has 1 aromatic rings. The van der Waals surface area contributed by atoms with Crippen LogP contribution >= 0.6 is 0 Å². The van der Waals surface area contributed by atoms with Gasteiger partial charge in [-0.05, 0) is 12.1 Å². The van der Waals surface area contributed by atoms with E-state index in [0.29, 0.717) is 5.69 Å². The van der Waals surface area contributed by atoms with E-state index in [0.717, 1.165) is 0 Å². The zero-order chi connectivity index (χ0) is 13.0. The van der Waals surface area contributed by atoms with Gasteiger partial charge in [0.15, 0.2) is 17.5 Å². The molecule has 0 radical (unpaired) electrons. The Balaban J connectivity index is 2.62. The van der Waals surface area contributed by atoms with Crippen molar-refractivity contribution in [3.05, 3.63) is 18.2 Å². The molecule has 0 atom stereocenters. The summed E-state index contributed by atoms with van der Waals surface area (Å²) in [7, 11) is 3.24. The Morgan fingerprint density at radius 1 is 1.29 bits per heavy atom. The molecule has 0 aliphatic carbocycles. The number of carbonyl (C=O) groups is 1. The van der Waals surface area contributed by atoms with E-state index < -0.39 is 6.03 Å². The van der Waals surface area contributed by atoms with Crippen molar-refractivity contribution in [2.45, 2.75) is 0 Å². The molecule has 0 bridgehead atoms. The van der Waals surface area contributed by atoms with Gasteiger partial charge in [0.25, 0.3) is 0 Å². The van der Waals surface area contributed by atoms with Crippen LogP contribution in [0.4, 0.5) is 10.5 Å². The van der Waals surface area contributed by atoms with Crippen LogP contribution in [-0.2, 0) is 0 Å². The molecule has 17 heavy (non-hydrogen) atoms. The fraction of sp³-hybridized carbons (Fsp3) is 0.200. The number of urea groups is 1. The Bertz CT molecular complexity index is 445. The first-order valence-corrected chi connectivity index (χ1v) is 4.76. The second-order valence-electron chi connectivity index (χ2n) is 3.53. The first-order valence-electron chi connectivity index (χ1n) is 4.76. The number of hydrogen-bond acceptors (Lipinski definition) is 4. The van der Waals surface area contributed by atoms with Gasteiger partial charge >= 0.3 is 6.03 Å². The molecule has 0 fully saturated rings. The van der Waals surface area contributed by atoms with E-state index in [2.05, 4.69) is 10.6 Å². The Labute approximate surface area is 98.2 Å². The molecule has 0 unspecified atom stereocenters. The van der Waals surface area contributed by atoms with Gasteiger partial charge in [-0.2, -0.15) is 0 Å². The molecule has 5 N–H and O–H groups in total. The van der Waals surface area contributed by atoms with Crippen LogP contribution in [0, 0.1) is 5.41 Å². The van der Waals surface area contributed by atoms with Gasteiger partial charge in [-0.1, -0.05) is 0 Å². The average Bonchev–Trinajstić information content (AvgIpc) is 2.23. The van der Waals surface area contributed by atoms with Gasteiger partial charge in [-0.15, -0.1) is 0 Å². The number of phenolic OH excluding ortho intramolecular Hbond substituents is 2. The number of carbonyl (C=O) groups excluding carboxylic acids is 1. The fourth-order valence-electron chi connectivity index (χ4n) is 0.983. The first kappa shape index (κ1) is 12.6. The van der Waals surface area contributed by atoms with E-state index in [1.807, 2.05) is 0 Å². The fourth-order valence-corrected chi connectivity index (χ4v) is 0.983. The highest BCUT2D eigenvalue weighted by molar-refractivity contribution is 6.01. The Morgan fingerprint density at radius 3 is 2.47 bits per heavy atom. The molecule has 0 aromatic heterocycles. The number of nitrogens with zero attached hydrogens (tertiary/aromatic N) is 1. The van der Waals surface area contributed by atoms with E-state index >= 15 is 0 Å². The van der Waals surface area contributed by atoms with Crippen LogP contribution in [0.3, 0.4) is 0 Å². The predicted octanol–water partition coefficient (Wildman–Crippen LogP) is 0.716. The summed E-state index contributed by atoms with van der Waals surface area (Å²) in [5, 5.41) is 30.4. The van der Waals surface area contributed by atoms with Gasteiger partial charge in [0, 0.05) is 25.8 Å². The van der Waals surface area contributed by atoms with Crippen molar-refractivity contribution in [2.75, 3.05) is 19.4 Å². The van der Waals surface area contributed by atoms with Crippen LogP contribution in [0.5, 0.6) is 11.5 Å². The molecule has 0 aliphatic heterocycles. The second-order valence-corrected chi connectivity index (χ2v) is 3.53. The summed E-state index contributed by atoms with van der Waals surface area (Å²) >= 11 is 0. The molecular formula is C10H14N4O3. The third-order valence-corrected chi connectivity index (χ3v) is 1.91. The maximum Gasteiger partial charge on any atom is 0.325 e. The standard InChI is InChI=1S/C10H14N4O3/c1-14(2)9(11)13-10(17)12-6-3-4-7(15)8(16)5-6/h3-5,15-16H,1-2H3,(H3,11,12,13,17). The minimum absolute atomic E-state index is 0.0644. The number of benzene rings is 1. The van der Waals surface area contributed by atoms with E-state index in [4.69, 9.17) is 10.5 Å². The predicted molar refractivity (Wildman–Crippen MR) is 63.3 cm³/mol. The van der Waals surface area contributed by atoms with Gasteiger partial charge in [0.2, 0.25) is 0 Å². The van der Waals surface area contributed by atoms with Gasteiger partial charge in [0.05, 0.1) is 0 Å². The minimum atomic E-state index is -0.603. The Morgan fingerprint density at radius 2 is 1.94 bits per heavy atom. The monoisotopic (exact) mass is 238 g/mol. The van der Waals surface area contributed by atoms with Crippen molar-refractivity contribution >= 4 is 17.7 Å². The third kappa shape index (κ3) is 3.56. The maximum absolute atomic E-state index is 11.4. The molecule has 0 saturated carbocycles. The van der Waals surface area contributed by atoms with Crippen LogP contribution in [-0.4, -0.2) is 41.2 Å². The summed E-state index contributed by atoms with van der Waals surface area (Å²) in [6.07, 6.45) is 0. The maximum atomic E-state index is 11.4. The van der Waals surface area contributed by atoms with Gasteiger partial charge in [-0.25, -0.2) is 4.79 Å². The van der Waals surface area contributed by atoms with Crippen LogP contribution in [0.25, 0.3) is 0 Å². The lowest BCUT2D eigenvalue weighted by molar-refractivity contribution is 0.255.